The van der Waals surface area contributed by atoms with Gasteiger partial charge in [-0.2, -0.15) is 0 Å². The van der Waals surface area contributed by atoms with Gasteiger partial charge in [0.05, 0.1) is 14.2 Å². The van der Waals surface area contributed by atoms with Gasteiger partial charge in [0, 0.05) is 30.0 Å². The summed E-state index contributed by atoms with van der Waals surface area (Å²) in [5.41, 5.74) is 3.38. The number of benzene rings is 3. The molecule has 0 bridgehead atoms. The summed E-state index contributed by atoms with van der Waals surface area (Å²) in [6, 6.07) is 22.7. The molecule has 4 nitrogen and oxygen atoms in total. The maximum atomic E-state index is 6.45. The van der Waals surface area contributed by atoms with Crippen LogP contribution in [0.5, 0.6) is 17.2 Å². The van der Waals surface area contributed by atoms with Crippen LogP contribution in [-0.4, -0.2) is 27.5 Å². The van der Waals surface area contributed by atoms with Gasteiger partial charge in [0.1, 0.15) is 12.4 Å². The van der Waals surface area contributed by atoms with Gasteiger partial charge in [-0.25, -0.2) is 0 Å². The Morgan fingerprint density at radius 3 is 2.36 bits per heavy atom. The van der Waals surface area contributed by atoms with Gasteiger partial charge in [-0.15, -0.1) is 0 Å². The Morgan fingerprint density at radius 2 is 1.70 bits per heavy atom. The highest BCUT2D eigenvalue weighted by atomic mass is 31.1. The summed E-state index contributed by atoms with van der Waals surface area (Å²) in [5.74, 6) is 2.24. The van der Waals surface area contributed by atoms with Gasteiger partial charge in [-0.1, -0.05) is 83.4 Å². The zero-order valence-electron chi connectivity index (χ0n) is 20.2. The van der Waals surface area contributed by atoms with Crippen molar-refractivity contribution in [2.24, 2.45) is 4.99 Å². The summed E-state index contributed by atoms with van der Waals surface area (Å²) in [7, 11) is 5.71. The highest BCUT2D eigenvalue weighted by Crippen LogP contribution is 2.52. The van der Waals surface area contributed by atoms with E-state index in [4.69, 9.17) is 14.2 Å². The highest BCUT2D eigenvalue weighted by Gasteiger charge is 2.33. The number of rotatable bonds is 11. The van der Waals surface area contributed by atoms with Crippen LogP contribution in [0, 0.1) is 0 Å². The fourth-order valence-corrected chi connectivity index (χ4v) is 5.82. The fourth-order valence-electron chi connectivity index (χ4n) is 4.06. The molecule has 33 heavy (non-hydrogen) atoms. The standard InChI is InChI=1S/C28H34NO3P/c1-6-16-28(2,33-26-15-11-10-14-22(26)19-29-3)24-17-23(30-4)18-25(31-5)27(24)32-20-21-12-8-7-9-13-21/h7-15,17-19,33H,6,16,20H2,1-5H3/b29-19+. The second kappa shape index (κ2) is 11.9. The van der Waals surface area contributed by atoms with E-state index in [1.165, 1.54) is 5.30 Å². The Morgan fingerprint density at radius 1 is 0.970 bits per heavy atom. The monoisotopic (exact) mass is 463 g/mol. The molecule has 2 atom stereocenters. The number of hydrogen-bond acceptors (Lipinski definition) is 4. The average Bonchev–Trinajstić information content (AvgIpc) is 2.84. The van der Waals surface area contributed by atoms with Crippen molar-refractivity contribution in [1.82, 2.24) is 0 Å². The number of nitrogens with zero attached hydrogens (tertiary/aromatic N) is 1. The van der Waals surface area contributed by atoms with Crippen molar-refractivity contribution in [3.63, 3.8) is 0 Å². The van der Waals surface area contributed by atoms with E-state index < -0.39 is 0 Å². The van der Waals surface area contributed by atoms with E-state index in [2.05, 4.69) is 61.3 Å². The lowest BCUT2D eigenvalue weighted by molar-refractivity contribution is 0.276. The SMILES string of the molecule is CCCC(C)(Pc1ccccc1/C=N/C)c1cc(OC)cc(OC)c1OCc1ccccc1. The molecule has 0 aromatic heterocycles. The van der Waals surface area contributed by atoms with Gasteiger partial charge in [0.2, 0.25) is 0 Å². The minimum absolute atomic E-state index is 0.166. The summed E-state index contributed by atoms with van der Waals surface area (Å²) >= 11 is 0. The Kier molecular flexibility index (Phi) is 8.91. The van der Waals surface area contributed by atoms with E-state index in [9.17, 15) is 0 Å². The topological polar surface area (TPSA) is 40.0 Å². The van der Waals surface area contributed by atoms with E-state index in [0.29, 0.717) is 20.9 Å². The summed E-state index contributed by atoms with van der Waals surface area (Å²) in [6.45, 7) is 5.02. The normalized spacial score (nSPS) is 13.4. The molecule has 3 aromatic rings. The van der Waals surface area contributed by atoms with Crippen molar-refractivity contribution >= 4 is 20.1 Å². The Labute approximate surface area is 199 Å². The molecule has 0 heterocycles. The van der Waals surface area contributed by atoms with Crippen LogP contribution in [0.25, 0.3) is 0 Å². The number of ether oxygens (including phenoxy) is 3. The van der Waals surface area contributed by atoms with E-state index >= 15 is 0 Å². The first-order chi connectivity index (χ1) is 16.0. The molecule has 5 heteroatoms. The third-order valence-corrected chi connectivity index (χ3v) is 7.49. The van der Waals surface area contributed by atoms with E-state index in [0.717, 1.165) is 41.0 Å². The Bertz CT molecular complexity index is 1070. The predicted octanol–water partition coefficient (Wildman–Crippen LogP) is 6.35. The van der Waals surface area contributed by atoms with Gasteiger partial charge in [-0.3, -0.25) is 4.99 Å². The zero-order valence-corrected chi connectivity index (χ0v) is 21.2. The van der Waals surface area contributed by atoms with Crippen molar-refractivity contribution in [1.29, 1.82) is 0 Å². The van der Waals surface area contributed by atoms with Crippen LogP contribution in [0.2, 0.25) is 0 Å². The smallest absolute Gasteiger partial charge is 0.166 e. The predicted molar refractivity (Wildman–Crippen MR) is 140 cm³/mol. The largest absolute Gasteiger partial charge is 0.497 e. The maximum absolute atomic E-state index is 6.45. The second-order valence-electron chi connectivity index (χ2n) is 8.16. The second-order valence-corrected chi connectivity index (χ2v) is 10.1. The summed E-state index contributed by atoms with van der Waals surface area (Å²) in [5, 5.41) is 1.12. The minimum atomic E-state index is -0.166. The first kappa shape index (κ1) is 24.8. The van der Waals surface area contributed by atoms with Crippen LogP contribution >= 0.6 is 8.58 Å². The van der Waals surface area contributed by atoms with Crippen LogP contribution in [0.15, 0.2) is 71.7 Å². The van der Waals surface area contributed by atoms with Crippen molar-refractivity contribution < 1.29 is 14.2 Å². The molecular weight excluding hydrogens is 429 g/mol. The molecule has 0 aliphatic carbocycles. The van der Waals surface area contributed by atoms with Gasteiger partial charge in [-0.05, 0) is 28.9 Å². The molecule has 0 N–H and O–H groups in total. The van der Waals surface area contributed by atoms with E-state index in [-0.39, 0.29) is 5.16 Å². The first-order valence-corrected chi connectivity index (χ1v) is 12.3. The number of hydrogen-bond donors (Lipinski definition) is 0. The molecule has 2 unspecified atom stereocenters. The molecule has 0 spiro atoms. The maximum Gasteiger partial charge on any atom is 0.166 e. The summed E-state index contributed by atoms with van der Waals surface area (Å²) < 4.78 is 17.9. The lowest BCUT2D eigenvalue weighted by Crippen LogP contribution is -2.22. The number of methoxy groups -OCH3 is 2. The quantitative estimate of drug-likeness (QED) is 0.246. The van der Waals surface area contributed by atoms with E-state index in [1.54, 1.807) is 14.2 Å². The molecule has 174 valence electrons. The number of aliphatic imine (C=N–C) groups is 1. The lowest BCUT2D eigenvalue weighted by atomic mass is 9.93. The van der Waals surface area contributed by atoms with Gasteiger partial charge in [0.25, 0.3) is 0 Å². The lowest BCUT2D eigenvalue weighted by Gasteiger charge is -2.33. The van der Waals surface area contributed by atoms with Gasteiger partial charge in [0.15, 0.2) is 11.5 Å². The van der Waals surface area contributed by atoms with Gasteiger partial charge >= 0.3 is 0 Å². The van der Waals surface area contributed by atoms with Crippen LogP contribution in [0.4, 0.5) is 0 Å². The molecule has 0 saturated heterocycles. The third-order valence-electron chi connectivity index (χ3n) is 5.69. The molecule has 0 fully saturated rings. The average molecular weight is 464 g/mol. The van der Waals surface area contributed by atoms with E-state index in [1.807, 2.05) is 37.5 Å². The molecule has 3 rings (SSSR count). The van der Waals surface area contributed by atoms with Gasteiger partial charge < -0.3 is 14.2 Å². The zero-order chi connectivity index (χ0) is 23.7. The molecule has 0 aliphatic heterocycles. The summed E-state index contributed by atoms with van der Waals surface area (Å²) in [6.07, 6.45) is 3.99. The molecule has 0 radical (unpaired) electrons. The molecule has 0 aliphatic rings. The van der Waals surface area contributed by atoms with Crippen molar-refractivity contribution in [2.75, 3.05) is 21.3 Å². The third kappa shape index (κ3) is 6.15. The van der Waals surface area contributed by atoms with Crippen LogP contribution in [0.3, 0.4) is 0 Å². The molecule has 3 aromatic carbocycles. The van der Waals surface area contributed by atoms with Crippen LogP contribution < -0.4 is 19.5 Å². The Hall–Kier alpha value is -2.84. The van der Waals surface area contributed by atoms with Crippen molar-refractivity contribution in [3.8, 4) is 17.2 Å². The summed E-state index contributed by atoms with van der Waals surface area (Å²) in [4.78, 5) is 4.27. The molecule has 0 saturated carbocycles. The minimum Gasteiger partial charge on any atom is -0.497 e. The van der Waals surface area contributed by atoms with Crippen LogP contribution in [-0.2, 0) is 11.8 Å². The Balaban J connectivity index is 2.10. The van der Waals surface area contributed by atoms with Crippen LogP contribution in [0.1, 0.15) is 43.4 Å². The fraction of sp³-hybridized carbons (Fsp3) is 0.321. The van der Waals surface area contributed by atoms with Crippen molar-refractivity contribution in [3.05, 3.63) is 83.4 Å². The van der Waals surface area contributed by atoms with Crippen molar-refractivity contribution in [2.45, 2.75) is 38.5 Å². The molecule has 0 amide bonds. The first-order valence-electron chi connectivity index (χ1n) is 11.3. The highest BCUT2D eigenvalue weighted by molar-refractivity contribution is 7.48. The molecular formula is C28H34NO3P.